The minimum absolute atomic E-state index is 0.331. The Kier molecular flexibility index (Phi) is 4.88. The van der Waals surface area contributed by atoms with Gasteiger partial charge in [-0.3, -0.25) is 0 Å². The van der Waals surface area contributed by atoms with Crippen LogP contribution in [0.4, 0.5) is 0 Å². The molecule has 21 heavy (non-hydrogen) atoms. The Morgan fingerprint density at radius 3 is 1.86 bits per heavy atom. The molecule has 0 nitrogen and oxygen atoms in total. The highest BCUT2D eigenvalue weighted by Gasteiger charge is 2.11. The minimum Gasteiger partial charge on any atom is -0.0625 e. The predicted octanol–water partition coefficient (Wildman–Crippen LogP) is 6.14. The summed E-state index contributed by atoms with van der Waals surface area (Å²) in [4.78, 5) is 0. The third-order valence-corrected chi connectivity index (χ3v) is 3.57. The molecular weight excluding hydrogens is 252 g/mol. The molecular formula is C21H28. The normalized spacial score (nSPS) is 11.9. The van der Waals surface area contributed by atoms with E-state index in [-0.39, 0.29) is 0 Å². The summed E-state index contributed by atoms with van der Waals surface area (Å²) in [5.41, 5.74) is 5.86. The molecule has 0 saturated heterocycles. The van der Waals surface area contributed by atoms with E-state index in [1.807, 2.05) is 0 Å². The first-order valence-electron chi connectivity index (χ1n) is 8.02. The van der Waals surface area contributed by atoms with Gasteiger partial charge in [0.1, 0.15) is 0 Å². The summed E-state index contributed by atoms with van der Waals surface area (Å²) in [6, 6.07) is 18.0. The zero-order chi connectivity index (χ0) is 15.5. The van der Waals surface area contributed by atoms with Crippen LogP contribution in [-0.4, -0.2) is 0 Å². The highest BCUT2D eigenvalue weighted by molar-refractivity contribution is 5.65. The molecule has 0 aromatic heterocycles. The van der Waals surface area contributed by atoms with Crippen LogP contribution in [-0.2, 0) is 12.8 Å². The lowest BCUT2D eigenvalue weighted by Gasteiger charge is -2.18. The van der Waals surface area contributed by atoms with Crippen molar-refractivity contribution in [1.29, 1.82) is 0 Å². The smallest absolute Gasteiger partial charge is 0.0181 e. The molecule has 0 spiro atoms. The molecule has 0 unspecified atom stereocenters. The maximum absolute atomic E-state index is 2.35. The molecule has 2 rings (SSSR count). The first kappa shape index (κ1) is 15.8. The van der Waals surface area contributed by atoms with E-state index in [2.05, 4.69) is 83.1 Å². The van der Waals surface area contributed by atoms with Gasteiger partial charge < -0.3 is 0 Å². The van der Waals surface area contributed by atoms with E-state index in [0.717, 1.165) is 12.8 Å². The average molecular weight is 280 g/mol. The second-order valence-corrected chi connectivity index (χ2v) is 7.74. The second kappa shape index (κ2) is 6.47. The van der Waals surface area contributed by atoms with Crippen molar-refractivity contribution in [3.05, 3.63) is 59.7 Å². The van der Waals surface area contributed by atoms with E-state index in [4.69, 9.17) is 0 Å². The first-order valence-corrected chi connectivity index (χ1v) is 8.02. The molecule has 0 atom stereocenters. The van der Waals surface area contributed by atoms with E-state index in [1.54, 1.807) is 0 Å². The molecule has 0 aliphatic heterocycles. The lowest BCUT2D eigenvalue weighted by atomic mass is 9.87. The van der Waals surface area contributed by atoms with Gasteiger partial charge in [-0.25, -0.2) is 0 Å². The standard InChI is InChI=1S/C21H28/c1-16(2)12-17-8-6-10-19(13-17)20-11-7-9-18(14-20)15-21(3,4)5/h6-11,13-14,16H,12,15H2,1-5H3. The lowest BCUT2D eigenvalue weighted by molar-refractivity contribution is 0.411. The van der Waals surface area contributed by atoms with E-state index in [1.165, 1.54) is 22.3 Å². The molecule has 112 valence electrons. The topological polar surface area (TPSA) is 0 Å². The number of hydrogen-bond acceptors (Lipinski definition) is 0. The van der Waals surface area contributed by atoms with Gasteiger partial charge in [-0.1, -0.05) is 83.1 Å². The fraction of sp³-hybridized carbons (Fsp3) is 0.429. The van der Waals surface area contributed by atoms with Crippen molar-refractivity contribution in [2.45, 2.75) is 47.5 Å². The molecule has 0 amide bonds. The third-order valence-electron chi connectivity index (χ3n) is 3.57. The van der Waals surface area contributed by atoms with Crippen LogP contribution in [0, 0.1) is 11.3 Å². The van der Waals surface area contributed by atoms with Crippen molar-refractivity contribution >= 4 is 0 Å². The number of hydrogen-bond donors (Lipinski definition) is 0. The zero-order valence-corrected chi connectivity index (χ0v) is 14.1. The predicted molar refractivity (Wildman–Crippen MR) is 93.6 cm³/mol. The molecule has 0 N–H and O–H groups in total. The maximum Gasteiger partial charge on any atom is -0.0181 e. The van der Waals surface area contributed by atoms with Crippen LogP contribution in [0.25, 0.3) is 11.1 Å². The largest absolute Gasteiger partial charge is 0.0625 e. The van der Waals surface area contributed by atoms with Crippen LogP contribution >= 0.6 is 0 Å². The van der Waals surface area contributed by atoms with Crippen LogP contribution in [0.2, 0.25) is 0 Å². The van der Waals surface area contributed by atoms with Crippen LogP contribution in [0.15, 0.2) is 48.5 Å². The Morgan fingerprint density at radius 1 is 0.810 bits per heavy atom. The Morgan fingerprint density at radius 2 is 1.33 bits per heavy atom. The Labute approximate surface area is 130 Å². The average Bonchev–Trinajstić information content (AvgIpc) is 2.36. The summed E-state index contributed by atoms with van der Waals surface area (Å²) in [7, 11) is 0. The molecule has 0 saturated carbocycles. The van der Waals surface area contributed by atoms with E-state index < -0.39 is 0 Å². The summed E-state index contributed by atoms with van der Waals surface area (Å²) in [5, 5.41) is 0. The van der Waals surface area contributed by atoms with Crippen molar-refractivity contribution in [1.82, 2.24) is 0 Å². The molecule has 0 heteroatoms. The van der Waals surface area contributed by atoms with Gasteiger partial charge in [0.2, 0.25) is 0 Å². The maximum atomic E-state index is 2.35. The quantitative estimate of drug-likeness (QED) is 0.631. The fourth-order valence-electron chi connectivity index (χ4n) is 2.82. The Balaban J connectivity index is 2.27. The molecule has 2 aromatic rings. The lowest BCUT2D eigenvalue weighted by Crippen LogP contribution is -2.08. The molecule has 0 bridgehead atoms. The molecule has 0 heterocycles. The van der Waals surface area contributed by atoms with Gasteiger partial charge in [0.25, 0.3) is 0 Å². The van der Waals surface area contributed by atoms with Gasteiger partial charge in [0, 0.05) is 0 Å². The van der Waals surface area contributed by atoms with Crippen molar-refractivity contribution < 1.29 is 0 Å². The summed E-state index contributed by atoms with van der Waals surface area (Å²) in [5.74, 6) is 0.701. The van der Waals surface area contributed by atoms with E-state index >= 15 is 0 Å². The molecule has 0 aliphatic carbocycles. The van der Waals surface area contributed by atoms with Gasteiger partial charge in [0.05, 0.1) is 0 Å². The van der Waals surface area contributed by atoms with Gasteiger partial charge in [-0.05, 0) is 46.4 Å². The van der Waals surface area contributed by atoms with Crippen molar-refractivity contribution in [3.63, 3.8) is 0 Å². The summed E-state index contributed by atoms with van der Waals surface area (Å²) in [6.07, 6.45) is 2.27. The third kappa shape index (κ3) is 5.04. The van der Waals surface area contributed by atoms with Crippen molar-refractivity contribution in [2.24, 2.45) is 11.3 Å². The van der Waals surface area contributed by atoms with Crippen LogP contribution < -0.4 is 0 Å². The van der Waals surface area contributed by atoms with Crippen LogP contribution in [0.1, 0.15) is 45.7 Å². The zero-order valence-electron chi connectivity index (χ0n) is 14.1. The molecule has 2 aromatic carbocycles. The van der Waals surface area contributed by atoms with Gasteiger partial charge in [-0.2, -0.15) is 0 Å². The van der Waals surface area contributed by atoms with Crippen molar-refractivity contribution in [3.8, 4) is 11.1 Å². The Bertz CT molecular complexity index is 585. The van der Waals surface area contributed by atoms with Gasteiger partial charge >= 0.3 is 0 Å². The SMILES string of the molecule is CC(C)Cc1cccc(-c2cccc(CC(C)(C)C)c2)c1. The number of benzene rings is 2. The highest BCUT2D eigenvalue weighted by Crippen LogP contribution is 2.26. The van der Waals surface area contributed by atoms with Crippen molar-refractivity contribution in [2.75, 3.05) is 0 Å². The van der Waals surface area contributed by atoms with Gasteiger partial charge in [-0.15, -0.1) is 0 Å². The monoisotopic (exact) mass is 280 g/mol. The van der Waals surface area contributed by atoms with E-state index in [0.29, 0.717) is 11.3 Å². The summed E-state index contributed by atoms with van der Waals surface area (Å²) >= 11 is 0. The molecule has 0 fully saturated rings. The number of rotatable bonds is 4. The first-order chi connectivity index (χ1) is 9.83. The molecule has 0 radical (unpaired) electrons. The van der Waals surface area contributed by atoms with Gasteiger partial charge in [0.15, 0.2) is 0 Å². The summed E-state index contributed by atoms with van der Waals surface area (Å²) in [6.45, 7) is 11.4. The van der Waals surface area contributed by atoms with E-state index in [9.17, 15) is 0 Å². The highest BCUT2D eigenvalue weighted by atomic mass is 14.2. The van der Waals surface area contributed by atoms with Crippen LogP contribution in [0.3, 0.4) is 0 Å². The second-order valence-electron chi connectivity index (χ2n) is 7.74. The molecule has 0 aliphatic rings. The minimum atomic E-state index is 0.331. The fourth-order valence-corrected chi connectivity index (χ4v) is 2.82. The van der Waals surface area contributed by atoms with Crippen LogP contribution in [0.5, 0.6) is 0 Å². The Hall–Kier alpha value is -1.56. The summed E-state index contributed by atoms with van der Waals surface area (Å²) < 4.78 is 0.